The second-order valence-corrected chi connectivity index (χ2v) is 6.49. The van der Waals surface area contributed by atoms with Crippen molar-refractivity contribution in [2.24, 2.45) is 0 Å². The van der Waals surface area contributed by atoms with Crippen LogP contribution < -0.4 is 9.64 Å². The highest BCUT2D eigenvalue weighted by molar-refractivity contribution is 6.23. The van der Waals surface area contributed by atoms with Crippen LogP contribution in [0.4, 0.5) is 5.69 Å². The monoisotopic (exact) mass is 377 g/mol. The summed E-state index contributed by atoms with van der Waals surface area (Å²) in [6.45, 7) is 5.73. The lowest BCUT2D eigenvalue weighted by Crippen LogP contribution is -2.24. The second kappa shape index (κ2) is 8.13. The third-order valence-corrected chi connectivity index (χ3v) is 4.60. The smallest absolute Gasteiger partial charge is 0.340 e. The fourth-order valence-electron chi connectivity index (χ4n) is 3.15. The van der Waals surface area contributed by atoms with Crippen molar-refractivity contribution >= 4 is 23.6 Å². The van der Waals surface area contributed by atoms with Gasteiger partial charge in [-0.25, -0.2) is 4.79 Å². The van der Waals surface area contributed by atoms with Crippen LogP contribution in [0.15, 0.2) is 65.4 Å². The summed E-state index contributed by atoms with van der Waals surface area (Å²) in [4.78, 5) is 27.4. The Morgan fingerprint density at radius 3 is 2.25 bits per heavy atom. The third kappa shape index (κ3) is 3.69. The number of methoxy groups -OCH3 is 1. The van der Waals surface area contributed by atoms with Gasteiger partial charge in [0.05, 0.1) is 24.9 Å². The van der Waals surface area contributed by atoms with Gasteiger partial charge < -0.3 is 9.47 Å². The van der Waals surface area contributed by atoms with Gasteiger partial charge in [-0.3, -0.25) is 9.69 Å². The zero-order valence-corrected chi connectivity index (χ0v) is 16.5. The summed E-state index contributed by atoms with van der Waals surface area (Å²) in [6.07, 6.45) is 1.71. The molecule has 0 spiro atoms. The van der Waals surface area contributed by atoms with Gasteiger partial charge in [0.2, 0.25) is 0 Å². The number of rotatable bonds is 5. The van der Waals surface area contributed by atoms with Gasteiger partial charge in [-0.1, -0.05) is 29.8 Å². The van der Waals surface area contributed by atoms with Gasteiger partial charge in [-0.2, -0.15) is 0 Å². The quantitative estimate of drug-likeness (QED) is 0.577. The molecular weight excluding hydrogens is 354 g/mol. The van der Waals surface area contributed by atoms with Crippen LogP contribution in [0.3, 0.4) is 0 Å². The highest BCUT2D eigenvalue weighted by atomic mass is 16.5. The van der Waals surface area contributed by atoms with Crippen LogP contribution in [-0.4, -0.2) is 25.6 Å². The first-order valence-corrected chi connectivity index (χ1v) is 9.11. The van der Waals surface area contributed by atoms with Crippen molar-refractivity contribution < 1.29 is 19.1 Å². The number of carbonyl (C=O) groups excluding carboxylic acids is 2. The standard InChI is InChI=1S/C23H23NO4/c1-5-28-23(26)21-16(3)24(18-10-6-15(2)7-11-18)22(25)20(21)14-17-8-12-19(27-4)13-9-17/h6-14H,5H2,1-4H3/b20-14-. The summed E-state index contributed by atoms with van der Waals surface area (Å²) in [5.74, 6) is -0.0264. The van der Waals surface area contributed by atoms with Crippen LogP contribution in [0.1, 0.15) is 25.0 Å². The first kappa shape index (κ1) is 19.4. The summed E-state index contributed by atoms with van der Waals surface area (Å²) >= 11 is 0. The van der Waals surface area contributed by atoms with Gasteiger partial charge in [-0.15, -0.1) is 0 Å². The molecule has 0 fully saturated rings. The van der Waals surface area contributed by atoms with Crippen molar-refractivity contribution in [2.75, 3.05) is 18.6 Å². The number of allylic oxidation sites excluding steroid dienone is 1. The fraction of sp³-hybridized carbons (Fsp3) is 0.217. The minimum atomic E-state index is -0.497. The van der Waals surface area contributed by atoms with E-state index in [4.69, 9.17) is 9.47 Å². The number of carbonyl (C=O) groups is 2. The number of esters is 1. The van der Waals surface area contributed by atoms with Crippen LogP contribution in [-0.2, 0) is 14.3 Å². The van der Waals surface area contributed by atoms with Crippen molar-refractivity contribution in [1.82, 2.24) is 0 Å². The molecule has 2 aromatic rings. The highest BCUT2D eigenvalue weighted by Gasteiger charge is 2.38. The van der Waals surface area contributed by atoms with Gasteiger partial charge in [0.1, 0.15) is 5.75 Å². The molecule has 1 aliphatic rings. The first-order valence-electron chi connectivity index (χ1n) is 9.11. The van der Waals surface area contributed by atoms with Crippen LogP contribution in [0.25, 0.3) is 6.08 Å². The molecule has 0 aromatic heterocycles. The van der Waals surface area contributed by atoms with Crippen LogP contribution in [0, 0.1) is 6.92 Å². The molecule has 1 heterocycles. The number of nitrogens with zero attached hydrogens (tertiary/aromatic N) is 1. The third-order valence-electron chi connectivity index (χ3n) is 4.60. The Hall–Kier alpha value is -3.34. The predicted molar refractivity (Wildman–Crippen MR) is 109 cm³/mol. The summed E-state index contributed by atoms with van der Waals surface area (Å²) in [7, 11) is 1.60. The van der Waals surface area contributed by atoms with Gasteiger partial charge >= 0.3 is 5.97 Å². The topological polar surface area (TPSA) is 55.8 Å². The van der Waals surface area contributed by atoms with E-state index in [-0.39, 0.29) is 12.5 Å². The van der Waals surface area contributed by atoms with Crippen LogP contribution in [0.5, 0.6) is 5.75 Å². The lowest BCUT2D eigenvalue weighted by atomic mass is 10.0. The molecule has 0 saturated heterocycles. The number of hydrogen-bond acceptors (Lipinski definition) is 4. The van der Waals surface area contributed by atoms with E-state index in [2.05, 4.69) is 0 Å². The summed E-state index contributed by atoms with van der Waals surface area (Å²) in [6, 6.07) is 14.9. The number of anilines is 1. The fourth-order valence-corrected chi connectivity index (χ4v) is 3.15. The Morgan fingerprint density at radius 2 is 1.68 bits per heavy atom. The van der Waals surface area contributed by atoms with Gasteiger partial charge in [0.25, 0.3) is 5.91 Å². The van der Waals surface area contributed by atoms with E-state index >= 15 is 0 Å². The van der Waals surface area contributed by atoms with E-state index < -0.39 is 5.97 Å². The SMILES string of the molecule is CCOC(=O)C1=C(C)N(c2ccc(C)cc2)C(=O)/C1=C\c1ccc(OC)cc1. The van der Waals surface area contributed by atoms with E-state index in [9.17, 15) is 9.59 Å². The molecule has 5 nitrogen and oxygen atoms in total. The van der Waals surface area contributed by atoms with Gasteiger partial charge in [-0.05, 0) is 56.7 Å². The molecular formula is C23H23NO4. The minimum absolute atomic E-state index is 0.240. The van der Waals surface area contributed by atoms with Crippen molar-refractivity contribution in [3.63, 3.8) is 0 Å². The minimum Gasteiger partial charge on any atom is -0.497 e. The average molecular weight is 377 g/mol. The second-order valence-electron chi connectivity index (χ2n) is 6.49. The molecule has 0 N–H and O–H groups in total. The molecule has 144 valence electrons. The number of benzene rings is 2. The van der Waals surface area contributed by atoms with E-state index in [1.807, 2.05) is 55.5 Å². The highest BCUT2D eigenvalue weighted by Crippen LogP contribution is 2.35. The zero-order valence-electron chi connectivity index (χ0n) is 16.5. The van der Waals surface area contributed by atoms with Crippen LogP contribution >= 0.6 is 0 Å². The molecule has 0 atom stereocenters. The van der Waals surface area contributed by atoms with Crippen molar-refractivity contribution in [1.29, 1.82) is 0 Å². The molecule has 0 bridgehead atoms. The van der Waals surface area contributed by atoms with Crippen LogP contribution in [0.2, 0.25) is 0 Å². The average Bonchev–Trinajstić information content (AvgIpc) is 2.93. The molecule has 0 aliphatic carbocycles. The van der Waals surface area contributed by atoms with E-state index in [1.54, 1.807) is 31.9 Å². The number of hydrogen-bond donors (Lipinski definition) is 0. The molecule has 28 heavy (non-hydrogen) atoms. The summed E-state index contributed by atoms with van der Waals surface area (Å²) < 4.78 is 10.4. The maximum atomic E-state index is 13.2. The van der Waals surface area contributed by atoms with E-state index in [1.165, 1.54) is 0 Å². The maximum absolute atomic E-state index is 13.2. The Kier molecular flexibility index (Phi) is 5.64. The Morgan fingerprint density at radius 1 is 1.04 bits per heavy atom. The number of aryl methyl sites for hydroxylation is 1. The molecule has 5 heteroatoms. The Balaban J connectivity index is 2.08. The molecule has 2 aromatic carbocycles. The maximum Gasteiger partial charge on any atom is 0.340 e. The van der Waals surface area contributed by atoms with Crippen molar-refractivity contribution in [2.45, 2.75) is 20.8 Å². The summed E-state index contributed by atoms with van der Waals surface area (Å²) in [5.41, 5.74) is 3.78. The van der Waals surface area contributed by atoms with Gasteiger partial charge in [0, 0.05) is 11.4 Å². The Labute approximate surface area is 164 Å². The molecule has 1 aliphatic heterocycles. The van der Waals surface area contributed by atoms with E-state index in [0.717, 1.165) is 16.9 Å². The number of amides is 1. The van der Waals surface area contributed by atoms with Crippen molar-refractivity contribution in [3.8, 4) is 5.75 Å². The number of ether oxygens (including phenoxy) is 2. The summed E-state index contributed by atoms with van der Waals surface area (Å²) in [5, 5.41) is 0. The van der Waals surface area contributed by atoms with Crippen molar-refractivity contribution in [3.05, 3.63) is 76.5 Å². The predicted octanol–water partition coefficient (Wildman–Crippen LogP) is 4.27. The van der Waals surface area contributed by atoms with E-state index in [0.29, 0.717) is 22.5 Å². The lowest BCUT2D eigenvalue weighted by molar-refractivity contribution is -0.138. The molecule has 0 radical (unpaired) electrons. The lowest BCUT2D eigenvalue weighted by Gasteiger charge is -2.18. The van der Waals surface area contributed by atoms with Gasteiger partial charge in [0.15, 0.2) is 0 Å². The first-order chi connectivity index (χ1) is 13.5. The molecule has 0 saturated carbocycles. The Bertz CT molecular complexity index is 953. The molecule has 0 unspecified atom stereocenters. The zero-order chi connectivity index (χ0) is 20.3. The normalized spacial score (nSPS) is 15.4. The molecule has 1 amide bonds. The molecule has 3 rings (SSSR count). The largest absolute Gasteiger partial charge is 0.497 e.